The lowest BCUT2D eigenvalue weighted by atomic mass is 9.40. The minimum atomic E-state index is -0.993. The van der Waals surface area contributed by atoms with Crippen LogP contribution in [0.15, 0.2) is 11.6 Å². The van der Waals surface area contributed by atoms with Crippen LogP contribution in [0.1, 0.15) is 80.1 Å². The minimum Gasteiger partial charge on any atom is -0.463 e. The Balaban J connectivity index is 1.81. The molecule has 0 heterocycles. The van der Waals surface area contributed by atoms with Crippen LogP contribution in [-0.4, -0.2) is 36.4 Å². The van der Waals surface area contributed by atoms with Crippen LogP contribution in [0.5, 0.6) is 0 Å². The van der Waals surface area contributed by atoms with Gasteiger partial charge in [0.15, 0.2) is 0 Å². The van der Waals surface area contributed by atoms with Gasteiger partial charge in [-0.15, -0.1) is 0 Å². The average Bonchev–Trinajstić information content (AvgIpc) is 2.65. The highest BCUT2D eigenvalue weighted by Crippen LogP contribution is 2.68. The Morgan fingerprint density at radius 1 is 1.10 bits per heavy atom. The molecule has 5 nitrogen and oxygen atoms in total. The van der Waals surface area contributed by atoms with Gasteiger partial charge in [0.05, 0.1) is 5.92 Å². The molecule has 0 spiro atoms. The van der Waals surface area contributed by atoms with Gasteiger partial charge in [-0.05, 0) is 60.2 Å². The van der Waals surface area contributed by atoms with E-state index in [1.165, 1.54) is 26.2 Å². The molecule has 30 heavy (non-hydrogen) atoms. The molecule has 5 heteroatoms. The summed E-state index contributed by atoms with van der Waals surface area (Å²) in [6.45, 7) is 12.6. The normalized spacial score (nSPS) is 38.5. The SMILES string of the molecule is CC(=O)OC[C@@H](O)COC(=O)[C@H]1[C@H](C)CC[C@]2(C)[C@H]3CCCC(C)(C)C3=CC[C@]12C. The second-order valence-electron chi connectivity index (χ2n) is 11.1. The number of fused-ring (bicyclic) bond motifs is 3. The van der Waals surface area contributed by atoms with Crippen LogP contribution >= 0.6 is 0 Å². The molecule has 0 bridgehead atoms. The van der Waals surface area contributed by atoms with E-state index in [4.69, 9.17) is 9.47 Å². The molecule has 0 aliphatic heterocycles. The number of carbonyl (C=O) groups is 2. The summed E-state index contributed by atoms with van der Waals surface area (Å²) in [6.07, 6.45) is 8.20. The zero-order valence-corrected chi connectivity index (χ0v) is 19.6. The highest BCUT2D eigenvalue weighted by molar-refractivity contribution is 5.74. The van der Waals surface area contributed by atoms with Crippen LogP contribution < -0.4 is 0 Å². The molecule has 2 saturated carbocycles. The largest absolute Gasteiger partial charge is 0.463 e. The van der Waals surface area contributed by atoms with Crippen LogP contribution in [0.3, 0.4) is 0 Å². The fourth-order valence-electron chi connectivity index (χ4n) is 6.84. The molecule has 0 saturated heterocycles. The first-order valence-corrected chi connectivity index (χ1v) is 11.6. The number of hydrogen-bond donors (Lipinski definition) is 1. The molecule has 3 aliphatic carbocycles. The Morgan fingerprint density at radius 2 is 1.77 bits per heavy atom. The maximum Gasteiger partial charge on any atom is 0.309 e. The molecular weight excluding hydrogens is 380 g/mol. The molecule has 0 aromatic carbocycles. The summed E-state index contributed by atoms with van der Waals surface area (Å²) >= 11 is 0. The van der Waals surface area contributed by atoms with Crippen LogP contribution in [0, 0.1) is 34.0 Å². The van der Waals surface area contributed by atoms with Crippen LogP contribution in [0.2, 0.25) is 0 Å². The lowest BCUT2D eigenvalue weighted by molar-refractivity contribution is -0.178. The molecule has 0 aromatic heterocycles. The maximum atomic E-state index is 13.3. The van der Waals surface area contributed by atoms with Gasteiger partial charge in [0.2, 0.25) is 0 Å². The highest BCUT2D eigenvalue weighted by Gasteiger charge is 2.62. The van der Waals surface area contributed by atoms with Crippen molar-refractivity contribution in [3.63, 3.8) is 0 Å². The number of allylic oxidation sites excluding steroid dienone is 2. The van der Waals surface area contributed by atoms with E-state index in [2.05, 4.69) is 40.7 Å². The molecule has 0 unspecified atom stereocenters. The number of hydrogen-bond acceptors (Lipinski definition) is 5. The van der Waals surface area contributed by atoms with Gasteiger partial charge in [0, 0.05) is 6.92 Å². The van der Waals surface area contributed by atoms with Gasteiger partial charge in [-0.3, -0.25) is 9.59 Å². The number of esters is 2. The molecular formula is C25H40O5. The van der Waals surface area contributed by atoms with E-state index < -0.39 is 12.1 Å². The summed E-state index contributed by atoms with van der Waals surface area (Å²) in [5, 5.41) is 10.0. The third-order valence-corrected chi connectivity index (χ3v) is 8.80. The molecule has 0 aromatic rings. The summed E-state index contributed by atoms with van der Waals surface area (Å²) in [5.74, 6) is -0.0976. The van der Waals surface area contributed by atoms with Gasteiger partial charge in [-0.1, -0.05) is 52.7 Å². The number of aliphatic hydroxyl groups is 1. The fraction of sp³-hybridized carbons (Fsp3) is 0.840. The summed E-state index contributed by atoms with van der Waals surface area (Å²) in [6, 6.07) is 0. The second kappa shape index (κ2) is 8.29. The lowest BCUT2D eigenvalue weighted by Gasteiger charge is -2.63. The van der Waals surface area contributed by atoms with E-state index in [0.29, 0.717) is 5.92 Å². The molecule has 2 fully saturated rings. The van der Waals surface area contributed by atoms with Crippen molar-refractivity contribution >= 4 is 11.9 Å². The zero-order chi connectivity index (χ0) is 22.3. The van der Waals surface area contributed by atoms with E-state index in [0.717, 1.165) is 19.3 Å². The Morgan fingerprint density at radius 3 is 2.43 bits per heavy atom. The van der Waals surface area contributed by atoms with Gasteiger partial charge in [-0.25, -0.2) is 0 Å². The molecule has 0 radical (unpaired) electrons. The van der Waals surface area contributed by atoms with Crippen LogP contribution in [0.4, 0.5) is 0 Å². The number of aliphatic hydroxyl groups excluding tert-OH is 1. The quantitative estimate of drug-likeness (QED) is 0.517. The predicted molar refractivity (Wildman–Crippen MR) is 116 cm³/mol. The Hall–Kier alpha value is -1.36. The van der Waals surface area contributed by atoms with Gasteiger partial charge in [-0.2, -0.15) is 0 Å². The van der Waals surface area contributed by atoms with E-state index >= 15 is 0 Å². The van der Waals surface area contributed by atoms with Gasteiger partial charge in [0.25, 0.3) is 0 Å². The van der Waals surface area contributed by atoms with Crippen molar-refractivity contribution in [1.82, 2.24) is 0 Å². The van der Waals surface area contributed by atoms with Crippen molar-refractivity contribution in [2.75, 3.05) is 13.2 Å². The summed E-state index contributed by atoms with van der Waals surface area (Å²) in [5.41, 5.74) is 1.76. The molecule has 3 rings (SSSR count). The smallest absolute Gasteiger partial charge is 0.309 e. The minimum absolute atomic E-state index is 0.0708. The third-order valence-electron chi connectivity index (χ3n) is 8.80. The summed E-state index contributed by atoms with van der Waals surface area (Å²) in [7, 11) is 0. The topological polar surface area (TPSA) is 72.8 Å². The van der Waals surface area contributed by atoms with Crippen molar-refractivity contribution in [1.29, 1.82) is 0 Å². The Kier molecular flexibility index (Phi) is 6.44. The Bertz CT molecular complexity index is 710. The zero-order valence-electron chi connectivity index (χ0n) is 19.6. The summed E-state index contributed by atoms with van der Waals surface area (Å²) in [4.78, 5) is 24.2. The molecule has 170 valence electrons. The van der Waals surface area contributed by atoms with E-state index in [-0.39, 0.29) is 47.3 Å². The first-order valence-electron chi connectivity index (χ1n) is 11.6. The average molecular weight is 421 g/mol. The number of carbonyl (C=O) groups excluding carboxylic acids is 2. The molecule has 6 atom stereocenters. The van der Waals surface area contributed by atoms with Gasteiger partial charge in [0.1, 0.15) is 19.3 Å². The van der Waals surface area contributed by atoms with Gasteiger partial charge < -0.3 is 14.6 Å². The monoisotopic (exact) mass is 420 g/mol. The first-order chi connectivity index (χ1) is 13.9. The lowest BCUT2D eigenvalue weighted by Crippen LogP contribution is -2.58. The fourth-order valence-corrected chi connectivity index (χ4v) is 6.84. The molecule has 0 amide bonds. The van der Waals surface area contributed by atoms with Crippen molar-refractivity contribution in [2.24, 2.45) is 34.0 Å². The van der Waals surface area contributed by atoms with Crippen molar-refractivity contribution < 1.29 is 24.2 Å². The van der Waals surface area contributed by atoms with Crippen molar-refractivity contribution in [3.05, 3.63) is 11.6 Å². The van der Waals surface area contributed by atoms with Crippen molar-refractivity contribution in [3.8, 4) is 0 Å². The third kappa shape index (κ3) is 3.94. The second-order valence-corrected chi connectivity index (χ2v) is 11.1. The van der Waals surface area contributed by atoms with E-state index in [1.54, 1.807) is 5.57 Å². The molecule has 1 N–H and O–H groups in total. The van der Waals surface area contributed by atoms with Crippen molar-refractivity contribution in [2.45, 2.75) is 86.2 Å². The van der Waals surface area contributed by atoms with E-state index in [9.17, 15) is 14.7 Å². The maximum absolute atomic E-state index is 13.3. The molecule has 3 aliphatic rings. The van der Waals surface area contributed by atoms with E-state index in [1.807, 2.05) is 0 Å². The standard InChI is InChI=1S/C25H40O5/c1-16-9-12-24(5)20-8-7-11-23(3,4)19(20)10-13-25(24,6)21(16)22(28)30-15-18(27)14-29-17(2)26/h10,16,18,20-21,27H,7-9,11-15H2,1-6H3/t16-,18-,20+,21-,24-,25-/m1/s1. The number of rotatable bonds is 5. The van der Waals surface area contributed by atoms with Crippen LogP contribution in [0.25, 0.3) is 0 Å². The predicted octanol–water partition coefficient (Wildman–Crippen LogP) is 4.67. The van der Waals surface area contributed by atoms with Crippen LogP contribution in [-0.2, 0) is 19.1 Å². The Labute approximate surface area is 181 Å². The van der Waals surface area contributed by atoms with Gasteiger partial charge >= 0.3 is 11.9 Å². The highest BCUT2D eigenvalue weighted by atomic mass is 16.6. The number of ether oxygens (including phenoxy) is 2. The summed E-state index contributed by atoms with van der Waals surface area (Å²) < 4.78 is 10.4. The first kappa shape index (κ1) is 23.3.